The van der Waals surface area contributed by atoms with Crippen molar-refractivity contribution in [2.75, 3.05) is 0 Å². The van der Waals surface area contributed by atoms with Crippen LogP contribution in [0.5, 0.6) is 0 Å². The van der Waals surface area contributed by atoms with Gasteiger partial charge in [-0.1, -0.05) is 26.8 Å². The van der Waals surface area contributed by atoms with Crippen molar-refractivity contribution in [3.63, 3.8) is 0 Å². The topological polar surface area (TPSA) is 43.4 Å². The van der Waals surface area contributed by atoms with Crippen molar-refractivity contribution >= 4 is 11.8 Å². The van der Waals surface area contributed by atoms with Crippen LogP contribution in [0, 0.1) is 5.92 Å². The summed E-state index contributed by atoms with van der Waals surface area (Å²) >= 11 is 0. The molecule has 0 saturated carbocycles. The van der Waals surface area contributed by atoms with Crippen molar-refractivity contribution in [3.05, 3.63) is 11.6 Å². The molecule has 2 atom stereocenters. The molecule has 0 aliphatic rings. The molecular formula is C13H22O3. The molecular weight excluding hydrogens is 204 g/mol. The predicted molar refractivity (Wildman–Crippen MR) is 64.1 cm³/mol. The van der Waals surface area contributed by atoms with Gasteiger partial charge < -0.3 is 4.74 Å². The first-order chi connectivity index (χ1) is 7.42. The monoisotopic (exact) mass is 226 g/mol. The first-order valence-electron chi connectivity index (χ1n) is 5.81. The predicted octanol–water partition coefficient (Wildman–Crippen LogP) is 2.89. The average Bonchev–Trinajstić information content (AvgIpc) is 2.23. The minimum absolute atomic E-state index is 0.0735. The van der Waals surface area contributed by atoms with E-state index < -0.39 is 0 Å². The molecule has 2 unspecified atom stereocenters. The number of Topliss-reactive ketones (excluding diaryl/α,β-unsaturated/α-hetero) is 1. The molecule has 0 heterocycles. The quantitative estimate of drug-likeness (QED) is 0.516. The van der Waals surface area contributed by atoms with Gasteiger partial charge in [-0.25, -0.2) is 0 Å². The molecule has 0 aromatic rings. The fraction of sp³-hybridized carbons (Fsp3) is 0.692. The molecule has 0 aromatic carbocycles. The van der Waals surface area contributed by atoms with E-state index in [-0.39, 0.29) is 23.8 Å². The second kappa shape index (κ2) is 7.20. The number of carbonyl (C=O) groups excluding carboxylic acids is 2. The number of esters is 1. The van der Waals surface area contributed by atoms with Crippen molar-refractivity contribution in [2.24, 2.45) is 5.92 Å². The molecule has 0 bridgehead atoms. The van der Waals surface area contributed by atoms with Crippen LogP contribution < -0.4 is 0 Å². The Morgan fingerprint density at radius 2 is 1.81 bits per heavy atom. The third-order valence-corrected chi connectivity index (χ3v) is 2.58. The van der Waals surface area contributed by atoms with Gasteiger partial charge in [-0.3, -0.25) is 9.59 Å². The van der Waals surface area contributed by atoms with Gasteiger partial charge in [0.25, 0.3) is 0 Å². The molecule has 0 aromatic heterocycles. The molecule has 92 valence electrons. The van der Waals surface area contributed by atoms with E-state index in [0.29, 0.717) is 6.42 Å². The fourth-order valence-corrected chi connectivity index (χ4v) is 1.65. The number of hydrogen-bond acceptors (Lipinski definition) is 3. The highest BCUT2D eigenvalue weighted by Crippen LogP contribution is 2.15. The summed E-state index contributed by atoms with van der Waals surface area (Å²) < 4.78 is 5.18. The lowest BCUT2D eigenvalue weighted by Crippen LogP contribution is -2.22. The number of rotatable bonds is 6. The molecule has 0 radical (unpaired) electrons. The van der Waals surface area contributed by atoms with Gasteiger partial charge >= 0.3 is 5.97 Å². The van der Waals surface area contributed by atoms with E-state index in [0.717, 1.165) is 12.0 Å². The van der Waals surface area contributed by atoms with E-state index in [4.69, 9.17) is 4.74 Å². The summed E-state index contributed by atoms with van der Waals surface area (Å²) in [5.74, 6) is -0.0551. The lowest BCUT2D eigenvalue weighted by Gasteiger charge is -2.20. The SMILES string of the molecule is CCC(=O)C(C)=CC(C)C(CC)OC(C)=O. The standard InChI is InChI=1S/C13H22O3/c1-6-12(15)9(3)8-10(4)13(7-2)16-11(5)14/h8,10,13H,6-7H2,1-5H3. The molecule has 0 aliphatic heterocycles. The summed E-state index contributed by atoms with van der Waals surface area (Å²) in [5.41, 5.74) is 0.751. The van der Waals surface area contributed by atoms with Crippen LogP contribution in [0.3, 0.4) is 0 Å². The average molecular weight is 226 g/mol. The molecule has 0 saturated heterocycles. The van der Waals surface area contributed by atoms with Crippen LogP contribution >= 0.6 is 0 Å². The van der Waals surface area contributed by atoms with Crippen LogP contribution in [0.1, 0.15) is 47.5 Å². The summed E-state index contributed by atoms with van der Waals surface area (Å²) in [6.45, 7) is 8.98. The Morgan fingerprint density at radius 3 is 2.19 bits per heavy atom. The van der Waals surface area contributed by atoms with E-state index in [1.807, 2.05) is 33.8 Å². The van der Waals surface area contributed by atoms with Gasteiger partial charge in [-0.05, 0) is 18.9 Å². The Hall–Kier alpha value is -1.12. The van der Waals surface area contributed by atoms with Crippen LogP contribution in [0.15, 0.2) is 11.6 Å². The number of ketones is 1. The van der Waals surface area contributed by atoms with E-state index in [1.165, 1.54) is 6.92 Å². The summed E-state index contributed by atoms with van der Waals surface area (Å²) in [4.78, 5) is 22.3. The van der Waals surface area contributed by atoms with E-state index in [2.05, 4.69) is 0 Å². The second-order valence-electron chi connectivity index (χ2n) is 4.04. The summed E-state index contributed by atoms with van der Waals surface area (Å²) in [6, 6.07) is 0. The third-order valence-electron chi connectivity index (χ3n) is 2.58. The van der Waals surface area contributed by atoms with E-state index in [1.54, 1.807) is 0 Å². The Labute approximate surface area is 97.9 Å². The van der Waals surface area contributed by atoms with Gasteiger partial charge in [0, 0.05) is 19.3 Å². The van der Waals surface area contributed by atoms with Crippen LogP contribution in [-0.4, -0.2) is 17.9 Å². The first-order valence-corrected chi connectivity index (χ1v) is 5.81. The largest absolute Gasteiger partial charge is 0.462 e. The van der Waals surface area contributed by atoms with Crippen molar-refractivity contribution in [1.82, 2.24) is 0 Å². The molecule has 0 rings (SSSR count). The van der Waals surface area contributed by atoms with Gasteiger partial charge in [-0.2, -0.15) is 0 Å². The summed E-state index contributed by atoms with van der Waals surface area (Å²) in [5, 5.41) is 0. The maximum atomic E-state index is 11.4. The molecule has 16 heavy (non-hydrogen) atoms. The summed E-state index contributed by atoms with van der Waals surface area (Å²) in [7, 11) is 0. The zero-order valence-corrected chi connectivity index (χ0v) is 10.9. The van der Waals surface area contributed by atoms with Crippen molar-refractivity contribution in [1.29, 1.82) is 0 Å². The zero-order valence-electron chi connectivity index (χ0n) is 10.9. The molecule has 3 heteroatoms. The maximum absolute atomic E-state index is 11.4. The van der Waals surface area contributed by atoms with Crippen LogP contribution in [0.2, 0.25) is 0 Å². The minimum Gasteiger partial charge on any atom is -0.462 e. The van der Waals surface area contributed by atoms with E-state index >= 15 is 0 Å². The van der Waals surface area contributed by atoms with Crippen LogP contribution in [0.4, 0.5) is 0 Å². The van der Waals surface area contributed by atoms with Gasteiger partial charge in [0.15, 0.2) is 5.78 Å². The van der Waals surface area contributed by atoms with Gasteiger partial charge in [0.1, 0.15) is 6.10 Å². The van der Waals surface area contributed by atoms with Crippen molar-refractivity contribution in [3.8, 4) is 0 Å². The molecule has 0 spiro atoms. The van der Waals surface area contributed by atoms with E-state index in [9.17, 15) is 9.59 Å². The highest BCUT2D eigenvalue weighted by atomic mass is 16.5. The first kappa shape index (κ1) is 14.9. The zero-order chi connectivity index (χ0) is 12.7. The lowest BCUT2D eigenvalue weighted by molar-refractivity contribution is -0.148. The molecule has 0 fully saturated rings. The van der Waals surface area contributed by atoms with Crippen molar-refractivity contribution < 1.29 is 14.3 Å². The fourth-order valence-electron chi connectivity index (χ4n) is 1.65. The van der Waals surface area contributed by atoms with Crippen LogP contribution in [0.25, 0.3) is 0 Å². The Balaban J connectivity index is 4.57. The molecule has 0 aliphatic carbocycles. The maximum Gasteiger partial charge on any atom is 0.302 e. The second-order valence-corrected chi connectivity index (χ2v) is 4.04. The highest BCUT2D eigenvalue weighted by molar-refractivity contribution is 5.94. The number of ether oxygens (including phenoxy) is 1. The van der Waals surface area contributed by atoms with Crippen LogP contribution in [-0.2, 0) is 14.3 Å². The number of hydrogen-bond donors (Lipinski definition) is 0. The molecule has 0 N–H and O–H groups in total. The molecule has 3 nitrogen and oxygen atoms in total. The highest BCUT2D eigenvalue weighted by Gasteiger charge is 2.17. The third kappa shape index (κ3) is 5.10. The lowest BCUT2D eigenvalue weighted by atomic mass is 9.97. The number of allylic oxidation sites excluding steroid dienone is 1. The Kier molecular flexibility index (Phi) is 6.70. The Morgan fingerprint density at radius 1 is 1.25 bits per heavy atom. The smallest absolute Gasteiger partial charge is 0.302 e. The molecule has 0 amide bonds. The minimum atomic E-state index is -0.272. The van der Waals surface area contributed by atoms with Crippen molar-refractivity contribution in [2.45, 2.75) is 53.6 Å². The van der Waals surface area contributed by atoms with Gasteiger partial charge in [0.05, 0.1) is 0 Å². The summed E-state index contributed by atoms with van der Waals surface area (Å²) in [6.07, 6.45) is 3.02. The van der Waals surface area contributed by atoms with Gasteiger partial charge in [0.2, 0.25) is 0 Å². The van der Waals surface area contributed by atoms with Gasteiger partial charge in [-0.15, -0.1) is 0 Å². The number of carbonyl (C=O) groups is 2. The Bertz CT molecular complexity index is 279. The normalized spacial score (nSPS) is 15.4.